The molecule has 0 saturated carbocycles. The van der Waals surface area contributed by atoms with Gasteiger partial charge in [-0.3, -0.25) is 0 Å². The van der Waals surface area contributed by atoms with Crippen LogP contribution < -0.4 is 0 Å². The Morgan fingerprint density at radius 1 is 1.00 bits per heavy atom. The van der Waals surface area contributed by atoms with Crippen molar-refractivity contribution in [3.63, 3.8) is 0 Å². The smallest absolute Gasteiger partial charge is 0.0175 e. The summed E-state index contributed by atoms with van der Waals surface area (Å²) in [7, 11) is 0. The van der Waals surface area contributed by atoms with Crippen LogP contribution in [0.25, 0.3) is 5.57 Å². The van der Waals surface area contributed by atoms with E-state index in [1.807, 2.05) is 0 Å². The van der Waals surface area contributed by atoms with Gasteiger partial charge in [0.1, 0.15) is 0 Å². The maximum Gasteiger partial charge on any atom is 0.0175 e. The maximum absolute atomic E-state index is 3.47. The van der Waals surface area contributed by atoms with Crippen LogP contribution in [0.3, 0.4) is 0 Å². The quantitative estimate of drug-likeness (QED) is 0.697. The van der Waals surface area contributed by atoms with Crippen LogP contribution in [0.4, 0.5) is 0 Å². The molecule has 1 aromatic carbocycles. The van der Waals surface area contributed by atoms with E-state index in [1.54, 1.807) is 0 Å². The summed E-state index contributed by atoms with van der Waals surface area (Å²) < 4.78 is 1.13. The Hall–Kier alpha value is -1.34. The van der Waals surface area contributed by atoms with Gasteiger partial charge in [0, 0.05) is 4.47 Å². The monoisotopic (exact) mass is 270 g/mol. The summed E-state index contributed by atoms with van der Waals surface area (Å²) in [6.07, 6.45) is 12.0. The first-order valence-corrected chi connectivity index (χ1v) is 6.18. The largest absolute Gasteiger partial charge is 0.0801 e. The minimum absolute atomic E-state index is 1.05. The number of halogens is 1. The zero-order valence-corrected chi connectivity index (χ0v) is 10.4. The molecule has 3 rings (SSSR count). The van der Waals surface area contributed by atoms with Gasteiger partial charge in [0.2, 0.25) is 0 Å². The van der Waals surface area contributed by atoms with Crippen molar-refractivity contribution in [2.45, 2.75) is 6.42 Å². The van der Waals surface area contributed by atoms with E-state index in [4.69, 9.17) is 0 Å². The number of hydrogen-bond donors (Lipinski definition) is 0. The van der Waals surface area contributed by atoms with Crippen LogP contribution >= 0.6 is 15.9 Å². The van der Waals surface area contributed by atoms with Crippen LogP contribution in [0.15, 0.2) is 70.3 Å². The molecule has 2 aliphatic rings. The van der Waals surface area contributed by atoms with Crippen molar-refractivity contribution in [3.05, 3.63) is 75.8 Å². The number of benzene rings is 1. The normalized spacial score (nSPS) is 17.7. The molecular weight excluding hydrogens is 260 g/mol. The molecule has 1 heteroatoms. The molecule has 0 heterocycles. The second-order valence-corrected chi connectivity index (χ2v) is 4.90. The number of fused-ring (bicyclic) bond motifs is 1. The molecule has 0 nitrogen and oxygen atoms in total. The molecule has 0 radical (unpaired) electrons. The lowest BCUT2D eigenvalue weighted by Gasteiger charge is -2.09. The van der Waals surface area contributed by atoms with Crippen LogP contribution in [0.2, 0.25) is 0 Å². The molecule has 1 aromatic rings. The fourth-order valence-corrected chi connectivity index (χ4v) is 2.44. The maximum atomic E-state index is 3.47. The fourth-order valence-electron chi connectivity index (χ4n) is 2.17. The van der Waals surface area contributed by atoms with Gasteiger partial charge in [-0.05, 0) is 40.8 Å². The van der Waals surface area contributed by atoms with Gasteiger partial charge in [-0.15, -0.1) is 0 Å². The topological polar surface area (TPSA) is 0 Å². The Balaban J connectivity index is 2.08. The third-order valence-electron chi connectivity index (χ3n) is 2.99. The molecule has 0 aliphatic heterocycles. The highest BCUT2D eigenvalue weighted by atomic mass is 79.9. The zero-order chi connectivity index (χ0) is 11.0. The molecule has 0 spiro atoms. The lowest BCUT2D eigenvalue weighted by Crippen LogP contribution is -1.90. The predicted molar refractivity (Wildman–Crippen MR) is 72.0 cm³/mol. The highest BCUT2D eigenvalue weighted by molar-refractivity contribution is 9.10. The van der Waals surface area contributed by atoms with Crippen LogP contribution in [0, 0.1) is 0 Å². The summed E-state index contributed by atoms with van der Waals surface area (Å²) in [5.41, 5.74) is 5.47. The molecule has 0 saturated heterocycles. The molecule has 0 aromatic heterocycles. The Morgan fingerprint density at radius 3 is 2.62 bits per heavy atom. The number of rotatable bonds is 1. The van der Waals surface area contributed by atoms with E-state index in [1.165, 1.54) is 22.3 Å². The van der Waals surface area contributed by atoms with Gasteiger partial charge < -0.3 is 0 Å². The minimum Gasteiger partial charge on any atom is -0.0801 e. The summed E-state index contributed by atoms with van der Waals surface area (Å²) in [6.45, 7) is 0. The Morgan fingerprint density at radius 2 is 1.81 bits per heavy atom. The molecule has 0 fully saturated rings. The molecular formula is C15H11Br. The molecule has 0 amide bonds. The second-order valence-electron chi connectivity index (χ2n) is 3.99. The van der Waals surface area contributed by atoms with E-state index in [2.05, 4.69) is 70.6 Å². The third kappa shape index (κ3) is 1.61. The van der Waals surface area contributed by atoms with Crippen molar-refractivity contribution in [3.8, 4) is 0 Å². The SMILES string of the molecule is Brc1ccc(C2=C3CC=CC=C3C=C2)cc1. The molecule has 2 aliphatic carbocycles. The number of allylic oxidation sites excluding steroid dienone is 8. The first-order valence-electron chi connectivity index (χ1n) is 5.39. The molecule has 0 unspecified atom stereocenters. The summed E-state index contributed by atoms with van der Waals surface area (Å²) in [5.74, 6) is 0. The Labute approximate surface area is 104 Å². The molecule has 78 valence electrons. The average Bonchev–Trinajstić information content (AvgIpc) is 2.74. The van der Waals surface area contributed by atoms with E-state index in [0.717, 1.165) is 10.9 Å². The van der Waals surface area contributed by atoms with E-state index < -0.39 is 0 Å². The van der Waals surface area contributed by atoms with E-state index in [-0.39, 0.29) is 0 Å². The van der Waals surface area contributed by atoms with Gasteiger partial charge in [0.25, 0.3) is 0 Å². The molecule has 0 atom stereocenters. The highest BCUT2D eigenvalue weighted by Gasteiger charge is 2.15. The summed E-state index contributed by atoms with van der Waals surface area (Å²) in [5, 5.41) is 0. The molecule has 16 heavy (non-hydrogen) atoms. The second kappa shape index (κ2) is 3.91. The van der Waals surface area contributed by atoms with E-state index >= 15 is 0 Å². The first kappa shape index (κ1) is 9.86. The van der Waals surface area contributed by atoms with Gasteiger partial charge in [-0.1, -0.05) is 58.4 Å². The van der Waals surface area contributed by atoms with Crippen molar-refractivity contribution in [1.82, 2.24) is 0 Å². The fraction of sp³-hybridized carbons (Fsp3) is 0.0667. The van der Waals surface area contributed by atoms with Crippen molar-refractivity contribution < 1.29 is 0 Å². The van der Waals surface area contributed by atoms with Gasteiger partial charge in [-0.25, -0.2) is 0 Å². The van der Waals surface area contributed by atoms with Gasteiger partial charge in [-0.2, -0.15) is 0 Å². The van der Waals surface area contributed by atoms with Crippen molar-refractivity contribution in [2.75, 3.05) is 0 Å². The predicted octanol–water partition coefficient (Wildman–Crippen LogP) is 4.66. The zero-order valence-electron chi connectivity index (χ0n) is 8.78. The summed E-state index contributed by atoms with van der Waals surface area (Å²) >= 11 is 3.47. The average molecular weight is 271 g/mol. The van der Waals surface area contributed by atoms with Crippen LogP contribution in [0.1, 0.15) is 12.0 Å². The van der Waals surface area contributed by atoms with E-state index in [9.17, 15) is 0 Å². The van der Waals surface area contributed by atoms with Crippen molar-refractivity contribution >= 4 is 21.5 Å². The van der Waals surface area contributed by atoms with E-state index in [0.29, 0.717) is 0 Å². The summed E-state index contributed by atoms with van der Waals surface area (Å²) in [4.78, 5) is 0. The Bertz CT molecular complexity index is 539. The first-order chi connectivity index (χ1) is 7.84. The standard InChI is InChI=1S/C15H11Br/c16-13-8-5-12(6-9-13)15-10-7-11-3-1-2-4-14(11)15/h1-3,5-10H,4H2. The summed E-state index contributed by atoms with van der Waals surface area (Å²) in [6, 6.07) is 8.52. The van der Waals surface area contributed by atoms with Gasteiger partial charge in [0.05, 0.1) is 0 Å². The van der Waals surface area contributed by atoms with Gasteiger partial charge >= 0.3 is 0 Å². The highest BCUT2D eigenvalue weighted by Crippen LogP contribution is 2.36. The van der Waals surface area contributed by atoms with Crippen molar-refractivity contribution in [1.29, 1.82) is 0 Å². The van der Waals surface area contributed by atoms with Crippen LogP contribution in [-0.4, -0.2) is 0 Å². The Kier molecular flexibility index (Phi) is 2.41. The molecule has 0 bridgehead atoms. The number of hydrogen-bond acceptors (Lipinski definition) is 0. The third-order valence-corrected chi connectivity index (χ3v) is 3.52. The van der Waals surface area contributed by atoms with Crippen LogP contribution in [-0.2, 0) is 0 Å². The van der Waals surface area contributed by atoms with Crippen molar-refractivity contribution in [2.24, 2.45) is 0 Å². The lowest BCUT2D eigenvalue weighted by molar-refractivity contribution is 1.24. The molecule has 0 N–H and O–H groups in total. The minimum atomic E-state index is 1.05. The lowest BCUT2D eigenvalue weighted by atomic mass is 9.95. The van der Waals surface area contributed by atoms with Gasteiger partial charge in [0.15, 0.2) is 0 Å². The van der Waals surface area contributed by atoms with Crippen LogP contribution in [0.5, 0.6) is 0 Å².